The summed E-state index contributed by atoms with van der Waals surface area (Å²) < 4.78 is 1.80. The Morgan fingerprint density at radius 3 is 2.54 bits per heavy atom. The van der Waals surface area contributed by atoms with Crippen LogP contribution in [0.15, 0.2) is 28.0 Å². The van der Waals surface area contributed by atoms with Crippen molar-refractivity contribution in [2.45, 2.75) is 85.0 Å². The summed E-state index contributed by atoms with van der Waals surface area (Å²) in [7, 11) is 0. The maximum Gasteiger partial charge on any atom is 0.330 e. The van der Waals surface area contributed by atoms with Crippen LogP contribution in [0.3, 0.4) is 0 Å². The molecule has 2 amide bonds. The largest absolute Gasteiger partial charge is 0.352 e. The number of fused-ring (bicyclic) bond motifs is 3. The second kappa shape index (κ2) is 13.9. The first-order valence-electron chi connectivity index (χ1n) is 17.2. The molecule has 3 saturated carbocycles. The molecule has 4 unspecified atom stereocenters. The number of carbonyl (C=O) groups is 1. The van der Waals surface area contributed by atoms with E-state index in [2.05, 4.69) is 60.6 Å². The summed E-state index contributed by atoms with van der Waals surface area (Å²) in [4.78, 5) is 40.6. The number of benzene rings is 1. The van der Waals surface area contributed by atoms with Crippen LogP contribution >= 0.6 is 23.2 Å². The third kappa shape index (κ3) is 7.05. The number of anilines is 1. The molecule has 4 fully saturated rings. The zero-order chi connectivity index (χ0) is 34.3. The number of piperazine rings is 1. The first-order chi connectivity index (χ1) is 22.8. The van der Waals surface area contributed by atoms with Gasteiger partial charge in [0.05, 0.1) is 16.6 Å². The predicted octanol–water partition coefficient (Wildman–Crippen LogP) is 2.85. The van der Waals surface area contributed by atoms with Gasteiger partial charge in [-0.05, 0) is 86.5 Å². The smallest absolute Gasteiger partial charge is 0.330 e. The second-order valence-corrected chi connectivity index (χ2v) is 15.6. The maximum absolute atomic E-state index is 14.2. The van der Waals surface area contributed by atoms with Gasteiger partial charge in [-0.15, -0.1) is 0 Å². The number of aryl methyl sites for hydroxylation is 1. The highest BCUT2D eigenvalue weighted by Gasteiger charge is 2.56. The third-order valence-corrected chi connectivity index (χ3v) is 11.9. The molecular weight excluding hydrogens is 649 g/mol. The summed E-state index contributed by atoms with van der Waals surface area (Å²) in [5, 5.41) is 5.95. The van der Waals surface area contributed by atoms with Crippen molar-refractivity contribution in [3.8, 4) is 0 Å². The lowest BCUT2D eigenvalue weighted by Gasteiger charge is -2.62. The Balaban J connectivity index is 1.31. The number of nitrogens with one attached hydrogen (secondary N) is 3. The van der Waals surface area contributed by atoms with Gasteiger partial charge in [0.25, 0.3) is 5.56 Å². The minimum atomic E-state index is -0.695. The first-order valence-corrected chi connectivity index (χ1v) is 18.0. The monoisotopic (exact) mass is 697 g/mol. The van der Waals surface area contributed by atoms with Crippen LogP contribution in [0, 0.1) is 23.2 Å². The van der Waals surface area contributed by atoms with Crippen molar-refractivity contribution < 1.29 is 4.79 Å². The number of guanidine groups is 1. The molecule has 1 aromatic carbocycles. The Labute approximate surface area is 292 Å². The topological polar surface area (TPSA) is 133 Å². The zero-order valence-corrected chi connectivity index (χ0v) is 30.1. The van der Waals surface area contributed by atoms with Crippen molar-refractivity contribution >= 4 is 53.3 Å². The summed E-state index contributed by atoms with van der Waals surface area (Å²) in [6.45, 7) is 15.2. The number of amides is 2. The summed E-state index contributed by atoms with van der Waals surface area (Å²) in [5.74, 6) is 2.87. The number of aliphatic imine (C=N–C) groups is 1. The zero-order valence-electron chi connectivity index (χ0n) is 28.6. The Bertz CT molecular complexity index is 1750. The van der Waals surface area contributed by atoms with Gasteiger partial charge in [-0.25, -0.2) is 20.2 Å². The fourth-order valence-corrected chi connectivity index (χ4v) is 8.72. The molecule has 5 N–H and O–H groups in total. The van der Waals surface area contributed by atoms with Gasteiger partial charge < -0.3 is 16.0 Å². The normalized spacial score (nSPS) is 26.5. The molecule has 0 radical (unpaired) electrons. The van der Waals surface area contributed by atoms with E-state index in [1.54, 1.807) is 10.6 Å². The van der Waals surface area contributed by atoms with Crippen molar-refractivity contribution in [3.05, 3.63) is 54.7 Å². The fraction of sp³-hybridized carbons (Fsp3) is 0.600. The summed E-state index contributed by atoms with van der Waals surface area (Å²) in [5.41, 5.74) is 12.0. The highest BCUT2D eigenvalue weighted by Crippen LogP contribution is 2.61. The predicted molar refractivity (Wildman–Crippen MR) is 194 cm³/mol. The van der Waals surface area contributed by atoms with Crippen LogP contribution in [0.1, 0.15) is 59.4 Å². The van der Waals surface area contributed by atoms with E-state index >= 15 is 0 Å². The van der Waals surface area contributed by atoms with Crippen LogP contribution in [0.2, 0.25) is 10.0 Å². The van der Waals surface area contributed by atoms with Crippen LogP contribution in [0.5, 0.6) is 0 Å². The lowest BCUT2D eigenvalue weighted by atomic mass is 9.45. The SMILES string of the molecule is CC1C2CC(C[C@@H]1NC(=NC1C=c3nc(N4CCN(C(C)C)CC4)n(CCc4ccc(Cl)cc4Cl)c(=O)c3=CC1)NNC(N)=O)C2(C)C. The van der Waals surface area contributed by atoms with E-state index in [4.69, 9.17) is 38.9 Å². The van der Waals surface area contributed by atoms with Crippen molar-refractivity contribution in [1.82, 2.24) is 30.6 Å². The molecule has 7 rings (SSSR count). The third-order valence-electron chi connectivity index (χ3n) is 11.3. The van der Waals surface area contributed by atoms with E-state index in [1.165, 1.54) is 6.42 Å². The quantitative estimate of drug-likeness (QED) is 0.199. The van der Waals surface area contributed by atoms with Crippen LogP contribution in [-0.2, 0) is 13.0 Å². The van der Waals surface area contributed by atoms with Gasteiger partial charge in [0.2, 0.25) is 11.9 Å². The number of halogens is 2. The molecule has 1 aromatic heterocycles. The molecular formula is C35H49Cl2N9O2. The molecule has 5 atom stereocenters. The van der Waals surface area contributed by atoms with E-state index in [0.29, 0.717) is 81.1 Å². The Hall–Kier alpha value is -3.28. The highest BCUT2D eigenvalue weighted by atomic mass is 35.5. The van der Waals surface area contributed by atoms with Crippen LogP contribution in [-0.4, -0.2) is 70.7 Å². The summed E-state index contributed by atoms with van der Waals surface area (Å²) in [6.07, 6.45) is 7.29. The number of hydrazine groups is 1. The molecule has 2 aromatic rings. The lowest BCUT2D eigenvalue weighted by Crippen LogP contribution is -2.63. The van der Waals surface area contributed by atoms with Gasteiger partial charge in [0.1, 0.15) is 0 Å². The molecule has 260 valence electrons. The fourth-order valence-electron chi connectivity index (χ4n) is 8.22. The van der Waals surface area contributed by atoms with Crippen molar-refractivity contribution in [2.24, 2.45) is 33.9 Å². The number of urea groups is 1. The standard InChI is InChI=1S/C35H49Cl2N9O2/c1-20(2)44-12-14-45(15-13-44)34-41-30-19-25(8-9-26(30)31(47)46(34)11-10-22-6-7-24(36)18-28(22)37)39-33(43-42-32(38)48)40-29-17-23-16-27(21(29)3)35(23,4)5/h6-7,9,18-21,23,25,27,29H,8,10-17H2,1-5H3,(H3,38,42,48)(H2,39,40,43)/t21?,23?,25?,27?,29-/m0/s1. The van der Waals surface area contributed by atoms with Gasteiger partial charge in [0, 0.05) is 54.9 Å². The van der Waals surface area contributed by atoms with E-state index in [1.807, 2.05) is 24.3 Å². The first kappa shape index (κ1) is 34.6. The summed E-state index contributed by atoms with van der Waals surface area (Å²) in [6, 6.07) is 5.15. The number of hydrogen-bond acceptors (Lipinski definition) is 6. The number of rotatable bonds is 7. The minimum absolute atomic E-state index is 0.0743. The van der Waals surface area contributed by atoms with Gasteiger partial charge in [0.15, 0.2) is 0 Å². The number of nitrogens with zero attached hydrogens (tertiary/aromatic N) is 5. The van der Waals surface area contributed by atoms with Gasteiger partial charge in [-0.2, -0.15) is 0 Å². The van der Waals surface area contributed by atoms with Gasteiger partial charge in [-0.1, -0.05) is 56.1 Å². The Kier molecular flexibility index (Phi) is 10.0. The molecule has 4 aliphatic carbocycles. The van der Waals surface area contributed by atoms with Crippen molar-refractivity contribution in [3.63, 3.8) is 0 Å². The Morgan fingerprint density at radius 2 is 1.90 bits per heavy atom. The average Bonchev–Trinajstić information content (AvgIpc) is 3.04. The van der Waals surface area contributed by atoms with Crippen molar-refractivity contribution in [2.75, 3.05) is 31.1 Å². The molecule has 2 bridgehead atoms. The molecule has 5 aliphatic rings. The minimum Gasteiger partial charge on any atom is -0.352 e. The summed E-state index contributed by atoms with van der Waals surface area (Å²) >= 11 is 12.6. The molecule has 0 spiro atoms. The van der Waals surface area contributed by atoms with E-state index in [9.17, 15) is 9.59 Å². The average molecular weight is 699 g/mol. The van der Waals surface area contributed by atoms with Gasteiger partial charge >= 0.3 is 6.03 Å². The van der Waals surface area contributed by atoms with E-state index < -0.39 is 6.03 Å². The van der Waals surface area contributed by atoms with E-state index in [0.717, 1.165) is 38.2 Å². The number of primary amides is 1. The number of hydrogen-bond donors (Lipinski definition) is 4. The number of nitrogens with two attached hydrogens (primary N) is 1. The molecule has 48 heavy (non-hydrogen) atoms. The lowest BCUT2D eigenvalue weighted by molar-refractivity contribution is -0.112. The second-order valence-electron chi connectivity index (χ2n) is 14.7. The number of aromatic nitrogens is 2. The number of carbonyl (C=O) groups excluding carboxylic acids is 1. The molecule has 13 heteroatoms. The molecule has 1 aliphatic heterocycles. The van der Waals surface area contributed by atoms with E-state index in [-0.39, 0.29) is 17.6 Å². The van der Waals surface area contributed by atoms with Gasteiger partial charge in [-0.3, -0.25) is 19.7 Å². The molecule has 11 nitrogen and oxygen atoms in total. The Morgan fingerprint density at radius 1 is 1.15 bits per heavy atom. The van der Waals surface area contributed by atoms with Crippen molar-refractivity contribution in [1.29, 1.82) is 0 Å². The van der Waals surface area contributed by atoms with Crippen LogP contribution in [0.25, 0.3) is 12.2 Å². The molecule has 2 heterocycles. The van der Waals surface area contributed by atoms with Crippen LogP contribution in [0.4, 0.5) is 10.7 Å². The van der Waals surface area contributed by atoms with Crippen LogP contribution < -0.4 is 42.9 Å². The highest BCUT2D eigenvalue weighted by molar-refractivity contribution is 6.35. The molecule has 1 saturated heterocycles. The maximum atomic E-state index is 14.2.